The minimum absolute atomic E-state index is 0.0538. The van der Waals surface area contributed by atoms with Crippen molar-refractivity contribution in [1.82, 2.24) is 5.32 Å². The predicted octanol–water partition coefficient (Wildman–Crippen LogP) is 1.02. The van der Waals surface area contributed by atoms with Gasteiger partial charge in [-0.05, 0) is 13.8 Å². The third kappa shape index (κ3) is 5.24. The first-order valence-electron chi connectivity index (χ1n) is 4.80. The molecule has 0 amide bonds. The van der Waals surface area contributed by atoms with E-state index in [4.69, 9.17) is 9.84 Å². The van der Waals surface area contributed by atoms with E-state index in [1.165, 1.54) is 0 Å². The third-order valence-corrected chi connectivity index (χ3v) is 2.41. The molecule has 0 aliphatic rings. The first kappa shape index (κ1) is 12.9. The zero-order valence-electron chi connectivity index (χ0n) is 9.42. The standard InChI is InChI=1S/C10H23NO2/c1-8(9(2)13-5)11-6-10(3,4)7-12/h8-9,11-12H,6-7H2,1-5H3. The van der Waals surface area contributed by atoms with Gasteiger partial charge in [-0.25, -0.2) is 0 Å². The van der Waals surface area contributed by atoms with Gasteiger partial charge in [0.25, 0.3) is 0 Å². The van der Waals surface area contributed by atoms with Crippen molar-refractivity contribution in [2.45, 2.75) is 39.8 Å². The molecule has 3 nitrogen and oxygen atoms in total. The van der Waals surface area contributed by atoms with Crippen molar-refractivity contribution in [3.63, 3.8) is 0 Å². The highest BCUT2D eigenvalue weighted by Gasteiger charge is 2.19. The number of nitrogens with one attached hydrogen (secondary N) is 1. The Morgan fingerprint density at radius 3 is 2.31 bits per heavy atom. The second-order valence-electron chi connectivity index (χ2n) is 4.43. The fourth-order valence-corrected chi connectivity index (χ4v) is 0.863. The van der Waals surface area contributed by atoms with Crippen molar-refractivity contribution < 1.29 is 9.84 Å². The second kappa shape index (κ2) is 5.58. The van der Waals surface area contributed by atoms with Gasteiger partial charge >= 0.3 is 0 Å². The van der Waals surface area contributed by atoms with Gasteiger partial charge in [-0.2, -0.15) is 0 Å². The summed E-state index contributed by atoms with van der Waals surface area (Å²) < 4.78 is 5.19. The van der Waals surface area contributed by atoms with Crippen LogP contribution >= 0.6 is 0 Å². The van der Waals surface area contributed by atoms with Crippen LogP contribution in [-0.4, -0.2) is 37.5 Å². The highest BCUT2D eigenvalue weighted by Crippen LogP contribution is 2.12. The molecular weight excluding hydrogens is 166 g/mol. The van der Waals surface area contributed by atoms with Crippen molar-refractivity contribution in [3.8, 4) is 0 Å². The Labute approximate surface area is 81.5 Å². The smallest absolute Gasteiger partial charge is 0.0693 e. The van der Waals surface area contributed by atoms with Crippen LogP contribution in [0.1, 0.15) is 27.7 Å². The van der Waals surface area contributed by atoms with E-state index in [0.717, 1.165) is 6.54 Å². The Kier molecular flexibility index (Phi) is 5.53. The SMILES string of the molecule is COC(C)C(C)NCC(C)(C)CO. The molecule has 3 heteroatoms. The van der Waals surface area contributed by atoms with Gasteiger partial charge < -0.3 is 15.2 Å². The Bertz CT molecular complexity index is 137. The molecule has 13 heavy (non-hydrogen) atoms. The normalized spacial score (nSPS) is 17.1. The molecule has 0 heterocycles. The molecule has 0 aliphatic carbocycles. The lowest BCUT2D eigenvalue weighted by Crippen LogP contribution is -2.42. The number of hydrogen-bond acceptors (Lipinski definition) is 3. The van der Waals surface area contributed by atoms with E-state index in [-0.39, 0.29) is 18.1 Å². The van der Waals surface area contributed by atoms with Crippen LogP contribution in [0.3, 0.4) is 0 Å². The monoisotopic (exact) mass is 189 g/mol. The van der Waals surface area contributed by atoms with Gasteiger partial charge in [0.1, 0.15) is 0 Å². The molecule has 0 aromatic rings. The second-order valence-corrected chi connectivity index (χ2v) is 4.43. The summed E-state index contributed by atoms with van der Waals surface area (Å²) in [5, 5.41) is 12.4. The molecule has 0 bridgehead atoms. The molecule has 0 rings (SSSR count). The van der Waals surface area contributed by atoms with Crippen LogP contribution in [0.15, 0.2) is 0 Å². The van der Waals surface area contributed by atoms with Crippen molar-refractivity contribution in [2.24, 2.45) is 5.41 Å². The topological polar surface area (TPSA) is 41.5 Å². The number of rotatable bonds is 6. The maximum Gasteiger partial charge on any atom is 0.0693 e. The summed E-state index contributed by atoms with van der Waals surface area (Å²) in [5.41, 5.74) is -0.0538. The lowest BCUT2D eigenvalue weighted by Gasteiger charge is -2.27. The molecule has 0 aliphatic heterocycles. The Morgan fingerprint density at radius 2 is 1.92 bits per heavy atom. The maximum atomic E-state index is 9.03. The van der Waals surface area contributed by atoms with E-state index < -0.39 is 0 Å². The molecule has 0 saturated heterocycles. The summed E-state index contributed by atoms with van der Waals surface area (Å²) in [4.78, 5) is 0. The molecule has 0 spiro atoms. The lowest BCUT2D eigenvalue weighted by molar-refractivity contribution is 0.0790. The quantitative estimate of drug-likeness (QED) is 0.655. The molecule has 0 saturated carbocycles. The number of methoxy groups -OCH3 is 1. The lowest BCUT2D eigenvalue weighted by atomic mass is 9.94. The van der Waals surface area contributed by atoms with E-state index in [9.17, 15) is 0 Å². The minimum Gasteiger partial charge on any atom is -0.396 e. The fourth-order valence-electron chi connectivity index (χ4n) is 0.863. The fraction of sp³-hybridized carbons (Fsp3) is 1.00. The number of aliphatic hydroxyl groups excluding tert-OH is 1. The van der Waals surface area contributed by atoms with Crippen LogP contribution < -0.4 is 5.32 Å². The van der Waals surface area contributed by atoms with E-state index in [0.29, 0.717) is 6.04 Å². The highest BCUT2D eigenvalue weighted by molar-refractivity contribution is 4.75. The minimum atomic E-state index is -0.0538. The summed E-state index contributed by atoms with van der Waals surface area (Å²) in [5.74, 6) is 0. The van der Waals surface area contributed by atoms with Crippen LogP contribution in [0.2, 0.25) is 0 Å². The van der Waals surface area contributed by atoms with Crippen LogP contribution in [0.25, 0.3) is 0 Å². The average Bonchev–Trinajstić information content (AvgIpc) is 2.13. The van der Waals surface area contributed by atoms with E-state index >= 15 is 0 Å². The highest BCUT2D eigenvalue weighted by atomic mass is 16.5. The van der Waals surface area contributed by atoms with E-state index in [1.54, 1.807) is 7.11 Å². The first-order chi connectivity index (χ1) is 5.93. The van der Waals surface area contributed by atoms with Gasteiger partial charge in [0, 0.05) is 31.7 Å². The largest absolute Gasteiger partial charge is 0.396 e. The molecule has 80 valence electrons. The third-order valence-electron chi connectivity index (χ3n) is 2.41. The van der Waals surface area contributed by atoms with Crippen LogP contribution in [0.4, 0.5) is 0 Å². The summed E-state index contributed by atoms with van der Waals surface area (Å²) >= 11 is 0. The zero-order valence-corrected chi connectivity index (χ0v) is 9.42. The number of aliphatic hydroxyl groups is 1. The molecule has 2 unspecified atom stereocenters. The molecule has 0 aromatic carbocycles. The molecule has 0 aromatic heterocycles. The summed E-state index contributed by atoms with van der Waals surface area (Å²) in [6.07, 6.45) is 0.203. The number of hydrogen-bond donors (Lipinski definition) is 2. The van der Waals surface area contributed by atoms with Gasteiger partial charge in [-0.1, -0.05) is 13.8 Å². The van der Waals surface area contributed by atoms with Gasteiger partial charge in [-0.15, -0.1) is 0 Å². The van der Waals surface area contributed by atoms with E-state index in [2.05, 4.69) is 12.2 Å². The van der Waals surface area contributed by atoms with Gasteiger partial charge in [0.15, 0.2) is 0 Å². The van der Waals surface area contributed by atoms with Crippen molar-refractivity contribution in [3.05, 3.63) is 0 Å². The van der Waals surface area contributed by atoms with Gasteiger partial charge in [-0.3, -0.25) is 0 Å². The van der Waals surface area contributed by atoms with Crippen LogP contribution in [-0.2, 0) is 4.74 Å². The van der Waals surface area contributed by atoms with Crippen LogP contribution in [0.5, 0.6) is 0 Å². The van der Waals surface area contributed by atoms with E-state index in [1.807, 2.05) is 20.8 Å². The average molecular weight is 189 g/mol. The summed E-state index contributed by atoms with van der Waals surface area (Å²) in [6.45, 7) is 9.19. The predicted molar refractivity (Wildman–Crippen MR) is 54.8 cm³/mol. The zero-order chi connectivity index (χ0) is 10.5. The molecule has 0 fully saturated rings. The Hall–Kier alpha value is -0.120. The first-order valence-corrected chi connectivity index (χ1v) is 4.80. The molecular formula is C10H23NO2. The van der Waals surface area contributed by atoms with Crippen molar-refractivity contribution >= 4 is 0 Å². The Balaban J connectivity index is 3.75. The Morgan fingerprint density at radius 1 is 1.38 bits per heavy atom. The van der Waals surface area contributed by atoms with Crippen LogP contribution in [0, 0.1) is 5.41 Å². The molecule has 2 N–H and O–H groups in total. The number of ether oxygens (including phenoxy) is 1. The van der Waals surface area contributed by atoms with Gasteiger partial charge in [0.2, 0.25) is 0 Å². The van der Waals surface area contributed by atoms with Crippen molar-refractivity contribution in [2.75, 3.05) is 20.3 Å². The maximum absolute atomic E-state index is 9.03. The van der Waals surface area contributed by atoms with Gasteiger partial charge in [0.05, 0.1) is 6.10 Å². The molecule has 2 atom stereocenters. The molecule has 0 radical (unpaired) electrons. The van der Waals surface area contributed by atoms with Crippen molar-refractivity contribution in [1.29, 1.82) is 0 Å². The summed E-state index contributed by atoms with van der Waals surface area (Å²) in [7, 11) is 1.71. The summed E-state index contributed by atoms with van der Waals surface area (Å²) in [6, 6.07) is 0.316.